The Morgan fingerprint density at radius 3 is 0.879 bits per heavy atom. The van der Waals surface area contributed by atoms with E-state index >= 15 is 0 Å². The van der Waals surface area contributed by atoms with E-state index in [1.54, 1.807) is 0 Å². The van der Waals surface area contributed by atoms with Crippen LogP contribution in [0.25, 0.3) is 0 Å². The molecule has 0 radical (unpaired) electrons. The summed E-state index contributed by atoms with van der Waals surface area (Å²) in [5.41, 5.74) is 0. The van der Waals surface area contributed by atoms with Gasteiger partial charge in [0.2, 0.25) is 23.6 Å². The maximum Gasteiger partial charge on any atom is 0.217 e. The molecule has 9 heterocycles. The number of hydrogen-bond donors (Lipinski definition) is 28. The molecule has 9 aliphatic heterocycles. The molecule has 670 valence electrons. The Labute approximate surface area is 666 Å². The van der Waals surface area contributed by atoms with Crippen molar-refractivity contribution in [3.8, 4) is 0 Å². The minimum absolute atomic E-state index is 0.188. The quantitative estimate of drug-likeness (QED) is 0.0278. The SMILES string of the molecule is CC(=O)NC1C(CC(=O)CBr)OC(CO)C(OC2OC(CO)C(OC3OC(COC4OC(CO)C(O)C(O)C4OC4O[C@@H](CO)C(OC5OC(CO)C(O)C(O)C5O)C(O)C4NC(C)=O)C(O)C(OC4O[C@H](CO)C(O)C(O)C4OC4OC(CO)C(OC5OC(CO)C(O)C(O)C5O)C(O)C4NC(C)=O)C3O)C(O)C2NC(C)=O)C1O. The summed E-state index contributed by atoms with van der Waals surface area (Å²) >= 11 is 3.04. The highest BCUT2D eigenvalue weighted by atomic mass is 79.9. The van der Waals surface area contributed by atoms with Crippen LogP contribution in [0.4, 0.5) is 0 Å². The summed E-state index contributed by atoms with van der Waals surface area (Å²) in [5.74, 6) is -4.02. The van der Waals surface area contributed by atoms with E-state index in [-0.39, 0.29) is 5.33 Å². The van der Waals surface area contributed by atoms with Gasteiger partial charge in [-0.3, -0.25) is 24.0 Å². The lowest BCUT2D eigenvalue weighted by atomic mass is 9.89. The lowest BCUT2D eigenvalue weighted by Crippen LogP contribution is -2.71. The lowest BCUT2D eigenvalue weighted by molar-refractivity contribution is -0.398. The van der Waals surface area contributed by atoms with Gasteiger partial charge in [-0.1, -0.05) is 15.9 Å². The average Bonchev–Trinajstić information content (AvgIpc) is 0.768. The first-order chi connectivity index (χ1) is 54.9. The summed E-state index contributed by atoms with van der Waals surface area (Å²) in [6.45, 7) is -5.92. The first-order valence-electron chi connectivity index (χ1n) is 37.0. The first kappa shape index (κ1) is 96.2. The highest BCUT2D eigenvalue weighted by Crippen LogP contribution is 2.40. The van der Waals surface area contributed by atoms with Crippen LogP contribution in [0.2, 0.25) is 0 Å². The molecule has 9 fully saturated rings. The van der Waals surface area contributed by atoms with Crippen molar-refractivity contribution in [2.45, 2.75) is 310 Å². The minimum Gasteiger partial charge on any atom is -0.394 e. The largest absolute Gasteiger partial charge is 0.394 e. The van der Waals surface area contributed by atoms with Crippen LogP contribution in [0.1, 0.15) is 34.1 Å². The topological polar surface area (TPSA) is 776 Å². The van der Waals surface area contributed by atoms with Crippen LogP contribution in [0, 0.1) is 0 Å². The summed E-state index contributed by atoms with van der Waals surface area (Å²) in [6, 6.07) is -7.23. The van der Waals surface area contributed by atoms with Gasteiger partial charge in [0.1, 0.15) is 219 Å². The van der Waals surface area contributed by atoms with Crippen LogP contribution in [0.15, 0.2) is 0 Å². The van der Waals surface area contributed by atoms with E-state index in [4.69, 9.17) is 80.5 Å². The van der Waals surface area contributed by atoms with Crippen molar-refractivity contribution in [1.82, 2.24) is 21.3 Å². The normalized spacial score (nSPS) is 47.6. The van der Waals surface area contributed by atoms with E-state index in [0.29, 0.717) is 0 Å². The van der Waals surface area contributed by atoms with Crippen molar-refractivity contribution >= 4 is 45.3 Å². The lowest BCUT2D eigenvalue weighted by Gasteiger charge is -2.51. The average molecular weight is 1760 g/mol. The maximum atomic E-state index is 13.1. The van der Waals surface area contributed by atoms with E-state index in [1.165, 1.54) is 0 Å². The zero-order chi connectivity index (χ0) is 85.5. The molecule has 0 aromatic heterocycles. The van der Waals surface area contributed by atoms with Gasteiger partial charge in [0.15, 0.2) is 50.3 Å². The zero-order valence-corrected chi connectivity index (χ0v) is 63.9. The Hall–Kier alpha value is -3.61. The third-order valence-electron chi connectivity index (χ3n) is 21.1. The van der Waals surface area contributed by atoms with Crippen LogP contribution in [0.3, 0.4) is 0 Å². The van der Waals surface area contributed by atoms with Gasteiger partial charge in [0.25, 0.3) is 0 Å². The summed E-state index contributed by atoms with van der Waals surface area (Å²) < 4.78 is 102. The smallest absolute Gasteiger partial charge is 0.217 e. The molecule has 0 bridgehead atoms. The van der Waals surface area contributed by atoms with Gasteiger partial charge in [0.05, 0.1) is 76.9 Å². The number of rotatable bonds is 32. The van der Waals surface area contributed by atoms with E-state index in [0.717, 1.165) is 27.7 Å². The fourth-order valence-corrected chi connectivity index (χ4v) is 15.3. The fourth-order valence-electron chi connectivity index (χ4n) is 15.0. The Morgan fingerprint density at radius 1 is 0.259 bits per heavy atom. The van der Waals surface area contributed by atoms with Crippen molar-refractivity contribution in [3.05, 3.63) is 0 Å². The number of amides is 4. The Kier molecular flexibility index (Phi) is 35.4. The van der Waals surface area contributed by atoms with Crippen molar-refractivity contribution < 1.29 is 227 Å². The molecule has 43 unspecified atom stereocenters. The molecule has 9 aliphatic rings. The Morgan fingerprint density at radius 2 is 0.526 bits per heavy atom. The van der Waals surface area contributed by atoms with Crippen molar-refractivity contribution in [3.63, 3.8) is 0 Å². The molecule has 9 saturated heterocycles. The molecule has 0 saturated carbocycles. The minimum atomic E-state index is -2.58. The second kappa shape index (κ2) is 42.7. The van der Waals surface area contributed by atoms with E-state index < -0.39 is 371 Å². The zero-order valence-electron chi connectivity index (χ0n) is 62.4. The number of carbonyl (C=O) groups is 5. The third kappa shape index (κ3) is 21.6. The number of ether oxygens (including phenoxy) is 17. The molecule has 9 rings (SSSR count). The van der Waals surface area contributed by atoms with Gasteiger partial charge in [-0.15, -0.1) is 0 Å². The third-order valence-corrected chi connectivity index (χ3v) is 21.7. The van der Waals surface area contributed by atoms with Gasteiger partial charge in [0, 0.05) is 34.1 Å². The molecule has 0 spiro atoms. The molecule has 51 heteroatoms. The molecule has 28 N–H and O–H groups in total. The number of alkyl halides is 1. The first-order valence-corrected chi connectivity index (χ1v) is 38.1. The van der Waals surface area contributed by atoms with Gasteiger partial charge >= 0.3 is 0 Å². The summed E-state index contributed by atoms with van der Waals surface area (Å²) in [4.78, 5) is 64.1. The van der Waals surface area contributed by atoms with E-state index in [9.17, 15) is 147 Å². The Bertz CT molecular complexity index is 3120. The number of Topliss-reactive ketones (excluding diaryl/α,β-unsaturated/α-hetero) is 1. The number of nitrogens with one attached hydrogen (secondary N) is 4. The molecule has 50 nitrogen and oxygen atoms in total. The van der Waals surface area contributed by atoms with Gasteiger partial charge in [-0.2, -0.15) is 0 Å². The second-order valence-electron chi connectivity index (χ2n) is 29.2. The summed E-state index contributed by atoms with van der Waals surface area (Å²) in [6.07, 6.45) is -84.9. The summed E-state index contributed by atoms with van der Waals surface area (Å²) in [7, 11) is 0. The van der Waals surface area contributed by atoms with Crippen molar-refractivity contribution in [2.75, 3.05) is 64.8 Å². The molecule has 45 atom stereocenters. The summed E-state index contributed by atoms with van der Waals surface area (Å²) in [5, 5.41) is 277. The number of aliphatic hydroxyl groups is 24. The molecule has 0 aromatic rings. The number of halogens is 1. The molecule has 4 amide bonds. The van der Waals surface area contributed by atoms with Crippen LogP contribution < -0.4 is 21.3 Å². The molecule has 0 aromatic carbocycles. The highest BCUT2D eigenvalue weighted by Gasteiger charge is 2.61. The molecule has 116 heavy (non-hydrogen) atoms. The predicted molar refractivity (Wildman–Crippen MR) is 365 cm³/mol. The molecular weight excluding hydrogens is 1650 g/mol. The standard InChI is InChI=1S/C65H107BrN4O46/c1-16(79)67-31-21(5-20(83)6-66)101-26(11-75)51(40(31)89)110-58-32(68-17(2)80)41(90)54(29(14-78)106-58)113-63-50(99)55(114-65-57(47(96)38(87)25(10-74)105-65)116-60-34(70-19(4)82)43(92)53(28(13-77)108-60)112-62-49(98)45(94)36(85)23(8-72)103-62)39(88)30(109-63)15-100-64-56(46(95)37(86)24(9-73)104-64)115-59-33(69-18(3)81)42(91)52(27(12-76)107-59)111-61-48(97)44(93)35(84)22(7-71)102-61/h21-65,71-78,84-99H,5-15H2,1-4H3,(H,67,79)(H,68,80)(H,69,81)(H,70,82)/t21?,22?,23?,24?,25-,26?,27+,28?,29?,30?,31?,32?,33?,34?,35?,36?,37?,38?,39?,40?,41?,42?,43?,44?,45?,46?,47?,48?,49?,50?,51?,52?,53?,54?,55?,56?,57?,58?,59?,60?,61?,62?,63?,64?,65?/m1/s1. The van der Waals surface area contributed by atoms with E-state index in [1.807, 2.05) is 0 Å². The highest BCUT2D eigenvalue weighted by molar-refractivity contribution is 9.09. The maximum absolute atomic E-state index is 13.1. The monoisotopic (exact) mass is 1760 g/mol. The number of ketones is 1. The van der Waals surface area contributed by atoms with Crippen LogP contribution >= 0.6 is 15.9 Å². The van der Waals surface area contributed by atoms with E-state index in [2.05, 4.69) is 37.2 Å². The van der Waals surface area contributed by atoms with Gasteiger partial charge in [-0.25, -0.2) is 0 Å². The van der Waals surface area contributed by atoms with Crippen molar-refractivity contribution in [2.24, 2.45) is 0 Å². The van der Waals surface area contributed by atoms with Crippen LogP contribution in [-0.2, 0) is 104 Å². The number of carbonyl (C=O) groups excluding carboxylic acids is 5. The fraction of sp³-hybridized carbons (Fsp3) is 0.923. The Balaban J connectivity index is 1.06. The van der Waals surface area contributed by atoms with Crippen molar-refractivity contribution in [1.29, 1.82) is 0 Å². The predicted octanol–water partition coefficient (Wildman–Crippen LogP) is -18.6. The second-order valence-corrected chi connectivity index (χ2v) is 29.7. The van der Waals surface area contributed by atoms with Gasteiger partial charge in [-0.05, 0) is 0 Å². The number of hydrogen-bond acceptors (Lipinski definition) is 46. The molecule has 0 aliphatic carbocycles. The van der Waals surface area contributed by atoms with Crippen LogP contribution in [0.5, 0.6) is 0 Å². The molecular formula is C65H107BrN4O46. The number of aliphatic hydroxyl groups excluding tert-OH is 24. The van der Waals surface area contributed by atoms with Crippen LogP contribution in [-0.4, -0.2) is 493 Å². The van der Waals surface area contributed by atoms with Gasteiger partial charge < -0.3 is 224 Å².